The van der Waals surface area contributed by atoms with Gasteiger partial charge in [-0.25, -0.2) is 0 Å². The molecule has 0 saturated carbocycles. The van der Waals surface area contributed by atoms with Gasteiger partial charge in [-0.2, -0.15) is 0 Å². The molecule has 0 aromatic carbocycles. The highest BCUT2D eigenvalue weighted by Crippen LogP contribution is 2.32. The van der Waals surface area contributed by atoms with Crippen LogP contribution in [0.3, 0.4) is 0 Å². The van der Waals surface area contributed by atoms with Crippen LogP contribution in [0, 0.1) is 5.41 Å². The van der Waals surface area contributed by atoms with Crippen molar-refractivity contribution in [2.24, 2.45) is 5.41 Å². The predicted molar refractivity (Wildman–Crippen MR) is 66.0 cm³/mol. The van der Waals surface area contributed by atoms with Crippen LogP contribution in [0.1, 0.15) is 26.7 Å². The van der Waals surface area contributed by atoms with Gasteiger partial charge in [0.15, 0.2) is 0 Å². The molecule has 2 atom stereocenters. The summed E-state index contributed by atoms with van der Waals surface area (Å²) >= 11 is 0. The van der Waals surface area contributed by atoms with Crippen molar-refractivity contribution in [2.45, 2.75) is 38.8 Å². The Bertz CT molecular complexity index is 241. The number of rotatable bonds is 3. The van der Waals surface area contributed by atoms with Crippen molar-refractivity contribution in [1.82, 2.24) is 4.90 Å². The molecule has 100 valence electrons. The topological polar surface area (TPSA) is 41.9 Å². The molecule has 0 amide bonds. The van der Waals surface area contributed by atoms with E-state index in [4.69, 9.17) is 9.47 Å². The second kappa shape index (κ2) is 5.65. The molecular weight excluding hydrogens is 218 g/mol. The van der Waals surface area contributed by atoms with Gasteiger partial charge in [-0.3, -0.25) is 4.90 Å². The summed E-state index contributed by atoms with van der Waals surface area (Å²) in [5.74, 6) is 0. The molecule has 0 aromatic rings. The highest BCUT2D eigenvalue weighted by atomic mass is 16.5. The van der Waals surface area contributed by atoms with E-state index >= 15 is 0 Å². The molecule has 0 aromatic heterocycles. The zero-order valence-electron chi connectivity index (χ0n) is 11.0. The number of aliphatic hydroxyl groups excluding tert-OH is 1. The van der Waals surface area contributed by atoms with Crippen LogP contribution in [-0.2, 0) is 9.47 Å². The Morgan fingerprint density at radius 3 is 2.65 bits per heavy atom. The van der Waals surface area contributed by atoms with Crippen LogP contribution >= 0.6 is 0 Å². The molecule has 1 N–H and O–H groups in total. The third-order valence-electron chi connectivity index (χ3n) is 4.16. The van der Waals surface area contributed by atoms with E-state index in [0.29, 0.717) is 12.1 Å². The van der Waals surface area contributed by atoms with Crippen molar-refractivity contribution in [3.05, 3.63) is 0 Å². The molecule has 4 heteroatoms. The summed E-state index contributed by atoms with van der Waals surface area (Å²) in [5, 5.41) is 9.71. The van der Waals surface area contributed by atoms with Gasteiger partial charge < -0.3 is 14.6 Å². The van der Waals surface area contributed by atoms with Gasteiger partial charge in [-0.15, -0.1) is 0 Å². The minimum Gasteiger partial charge on any atom is -0.396 e. The standard InChI is InChI=1S/C13H25NO3/c1-11-8-17-12(2)7-14(11)9-13(10-15)3-5-16-6-4-13/h11-12,15H,3-10H2,1-2H3. The second-order valence-corrected chi connectivity index (χ2v) is 5.69. The van der Waals surface area contributed by atoms with E-state index in [-0.39, 0.29) is 12.0 Å². The van der Waals surface area contributed by atoms with Crippen molar-refractivity contribution in [3.63, 3.8) is 0 Å². The molecule has 0 spiro atoms. The Morgan fingerprint density at radius 1 is 1.29 bits per heavy atom. The first kappa shape index (κ1) is 13.3. The Kier molecular flexibility index (Phi) is 4.42. The highest BCUT2D eigenvalue weighted by molar-refractivity contribution is 4.88. The maximum atomic E-state index is 9.71. The molecule has 2 aliphatic rings. The van der Waals surface area contributed by atoms with Crippen molar-refractivity contribution in [2.75, 3.05) is 39.5 Å². The molecule has 2 aliphatic heterocycles. The fourth-order valence-corrected chi connectivity index (χ4v) is 2.79. The Labute approximate surface area is 104 Å². The van der Waals surface area contributed by atoms with Gasteiger partial charge in [-0.1, -0.05) is 0 Å². The number of ether oxygens (including phenoxy) is 2. The largest absolute Gasteiger partial charge is 0.396 e. The molecule has 0 radical (unpaired) electrons. The monoisotopic (exact) mass is 243 g/mol. The first-order valence-electron chi connectivity index (χ1n) is 6.69. The first-order chi connectivity index (χ1) is 8.15. The van der Waals surface area contributed by atoms with Crippen molar-refractivity contribution in [1.29, 1.82) is 0 Å². The van der Waals surface area contributed by atoms with Crippen LogP contribution in [0.15, 0.2) is 0 Å². The van der Waals surface area contributed by atoms with Crippen LogP contribution < -0.4 is 0 Å². The van der Waals surface area contributed by atoms with E-state index in [1.165, 1.54) is 0 Å². The van der Waals surface area contributed by atoms with E-state index in [2.05, 4.69) is 18.7 Å². The first-order valence-corrected chi connectivity index (χ1v) is 6.69. The average Bonchev–Trinajstić information content (AvgIpc) is 2.35. The smallest absolute Gasteiger partial charge is 0.0674 e. The van der Waals surface area contributed by atoms with Gasteiger partial charge in [0.05, 0.1) is 19.3 Å². The maximum absolute atomic E-state index is 9.71. The number of nitrogens with zero attached hydrogens (tertiary/aromatic N) is 1. The SMILES string of the molecule is CC1CN(CC2(CO)CCOCC2)C(C)CO1. The average molecular weight is 243 g/mol. The lowest BCUT2D eigenvalue weighted by molar-refractivity contribution is -0.0888. The third-order valence-corrected chi connectivity index (χ3v) is 4.16. The fourth-order valence-electron chi connectivity index (χ4n) is 2.79. The molecule has 0 aliphatic carbocycles. The molecule has 17 heavy (non-hydrogen) atoms. The highest BCUT2D eigenvalue weighted by Gasteiger charge is 2.36. The summed E-state index contributed by atoms with van der Waals surface area (Å²) in [7, 11) is 0. The zero-order chi connectivity index (χ0) is 12.3. The fraction of sp³-hybridized carbons (Fsp3) is 1.00. The lowest BCUT2D eigenvalue weighted by Gasteiger charge is -2.44. The molecule has 0 bridgehead atoms. The number of aliphatic hydroxyl groups is 1. The lowest BCUT2D eigenvalue weighted by Crippen LogP contribution is -2.53. The minimum absolute atomic E-state index is 0.0452. The van der Waals surface area contributed by atoms with Gasteiger partial charge in [-0.05, 0) is 26.7 Å². The minimum atomic E-state index is 0.0452. The van der Waals surface area contributed by atoms with Gasteiger partial charge in [0.25, 0.3) is 0 Å². The third kappa shape index (κ3) is 3.19. The molecule has 2 heterocycles. The summed E-state index contributed by atoms with van der Waals surface area (Å²) in [6.07, 6.45) is 2.26. The predicted octanol–water partition coefficient (Wildman–Crippen LogP) is 0.885. The quantitative estimate of drug-likeness (QED) is 0.799. The van der Waals surface area contributed by atoms with E-state index in [9.17, 15) is 5.11 Å². The molecule has 2 unspecified atom stereocenters. The normalized spacial score (nSPS) is 34.8. The number of hydrogen-bond donors (Lipinski definition) is 1. The van der Waals surface area contributed by atoms with E-state index in [1.807, 2.05) is 0 Å². The van der Waals surface area contributed by atoms with Crippen molar-refractivity contribution in [3.8, 4) is 0 Å². The summed E-state index contributed by atoms with van der Waals surface area (Å²) in [5.41, 5.74) is 0.0452. The molecule has 2 rings (SSSR count). The van der Waals surface area contributed by atoms with Gasteiger partial charge in [0, 0.05) is 37.8 Å². The van der Waals surface area contributed by atoms with Crippen LogP contribution in [-0.4, -0.2) is 61.7 Å². The lowest BCUT2D eigenvalue weighted by atomic mass is 9.80. The van der Waals surface area contributed by atoms with E-state index in [1.54, 1.807) is 0 Å². The summed E-state index contributed by atoms with van der Waals surface area (Å²) < 4.78 is 11.1. The molecule has 4 nitrogen and oxygen atoms in total. The Morgan fingerprint density at radius 2 is 2.00 bits per heavy atom. The summed E-state index contributed by atoms with van der Waals surface area (Å²) in [6, 6.07) is 0.456. The van der Waals surface area contributed by atoms with Gasteiger partial charge in [0.1, 0.15) is 0 Å². The Hall–Kier alpha value is -0.160. The van der Waals surface area contributed by atoms with Crippen LogP contribution in [0.2, 0.25) is 0 Å². The number of hydrogen-bond acceptors (Lipinski definition) is 4. The zero-order valence-corrected chi connectivity index (χ0v) is 11.0. The number of morpholine rings is 1. The van der Waals surface area contributed by atoms with Gasteiger partial charge in [0.2, 0.25) is 0 Å². The van der Waals surface area contributed by atoms with E-state index in [0.717, 1.165) is 45.8 Å². The van der Waals surface area contributed by atoms with Crippen LogP contribution in [0.4, 0.5) is 0 Å². The van der Waals surface area contributed by atoms with Crippen LogP contribution in [0.5, 0.6) is 0 Å². The van der Waals surface area contributed by atoms with Crippen molar-refractivity contribution < 1.29 is 14.6 Å². The molecular formula is C13H25NO3. The maximum Gasteiger partial charge on any atom is 0.0674 e. The van der Waals surface area contributed by atoms with Gasteiger partial charge >= 0.3 is 0 Å². The van der Waals surface area contributed by atoms with Crippen molar-refractivity contribution >= 4 is 0 Å². The second-order valence-electron chi connectivity index (χ2n) is 5.69. The molecule has 2 fully saturated rings. The molecule has 2 saturated heterocycles. The van der Waals surface area contributed by atoms with E-state index < -0.39 is 0 Å². The Balaban J connectivity index is 1.96. The van der Waals surface area contributed by atoms with Crippen LogP contribution in [0.25, 0.3) is 0 Å². The summed E-state index contributed by atoms with van der Waals surface area (Å²) in [6.45, 7) is 8.92. The summed E-state index contributed by atoms with van der Waals surface area (Å²) in [4.78, 5) is 2.47.